The molecular formula is C29H29F3N2O6. The maximum absolute atomic E-state index is 14.5. The summed E-state index contributed by atoms with van der Waals surface area (Å²) in [7, 11) is 0. The molecular weight excluding hydrogens is 529 g/mol. The van der Waals surface area contributed by atoms with Crippen LogP contribution in [0.3, 0.4) is 0 Å². The normalized spacial score (nSPS) is 11.3. The molecule has 0 radical (unpaired) electrons. The number of esters is 2. The Labute approximate surface area is 229 Å². The predicted octanol–water partition coefficient (Wildman–Crippen LogP) is 5.52. The number of nitrogen functional groups attached to an aromatic ring is 2. The Morgan fingerprint density at radius 3 is 2.08 bits per heavy atom. The quantitative estimate of drug-likeness (QED) is 0.115. The molecule has 0 fully saturated rings. The Kier molecular flexibility index (Phi) is 10.8. The fraction of sp³-hybridized carbons (Fsp3) is 0.241. The third kappa shape index (κ3) is 9.57. The van der Waals surface area contributed by atoms with Gasteiger partial charge in [0.25, 0.3) is 0 Å². The van der Waals surface area contributed by atoms with Gasteiger partial charge in [-0.25, -0.2) is 9.59 Å². The smallest absolute Gasteiger partial charge is 0.426 e. The zero-order chi connectivity index (χ0) is 29.0. The van der Waals surface area contributed by atoms with E-state index in [4.69, 9.17) is 30.4 Å². The maximum Gasteiger partial charge on any atom is 0.426 e. The third-order valence-corrected chi connectivity index (χ3v) is 5.25. The fourth-order valence-corrected chi connectivity index (χ4v) is 3.33. The Hall–Kier alpha value is -4.67. The van der Waals surface area contributed by atoms with E-state index in [1.165, 1.54) is 78.9 Å². The second-order valence-electron chi connectivity index (χ2n) is 8.48. The average Bonchev–Trinajstić information content (AvgIpc) is 2.92. The molecule has 0 spiro atoms. The molecule has 0 saturated heterocycles. The topological polar surface area (TPSA) is 123 Å². The molecule has 0 bridgehead atoms. The molecule has 3 rings (SSSR count). The number of benzene rings is 3. The number of carbonyl (C=O) groups excluding carboxylic acids is 2. The van der Waals surface area contributed by atoms with Crippen LogP contribution in [-0.2, 0) is 20.4 Å². The first-order chi connectivity index (χ1) is 19.2. The highest BCUT2D eigenvalue weighted by Crippen LogP contribution is 2.32. The van der Waals surface area contributed by atoms with Crippen LogP contribution >= 0.6 is 0 Å². The van der Waals surface area contributed by atoms with Crippen LogP contribution < -0.4 is 20.9 Å². The number of rotatable bonds is 14. The number of alkyl halides is 3. The Morgan fingerprint density at radius 1 is 0.800 bits per heavy atom. The van der Waals surface area contributed by atoms with Crippen LogP contribution in [0.2, 0.25) is 0 Å². The van der Waals surface area contributed by atoms with E-state index in [0.29, 0.717) is 22.7 Å². The minimum absolute atomic E-state index is 0.0160. The second-order valence-corrected chi connectivity index (χ2v) is 8.48. The van der Waals surface area contributed by atoms with E-state index in [9.17, 15) is 22.8 Å². The van der Waals surface area contributed by atoms with Gasteiger partial charge in [-0.2, -0.15) is 8.78 Å². The van der Waals surface area contributed by atoms with Crippen LogP contribution in [0.15, 0.2) is 72.8 Å². The van der Waals surface area contributed by atoms with E-state index in [0.717, 1.165) is 0 Å². The number of halogens is 3. The van der Waals surface area contributed by atoms with Crippen molar-refractivity contribution in [1.82, 2.24) is 0 Å². The standard InChI is InChI=1S/C29H29F3N2O6/c30-13-1-14-37-25-10-6-22(7-11-25)29(31,32)40-26-8-3-20(4-9-26)5-12-27(35)38-15-2-16-39-28(36)21-17-23(33)19-24(34)18-21/h3-12,17-19H,1-2,13-16,33-34H2. The van der Waals surface area contributed by atoms with Crippen LogP contribution in [0.1, 0.15) is 34.3 Å². The first-order valence-corrected chi connectivity index (χ1v) is 12.3. The van der Waals surface area contributed by atoms with E-state index in [2.05, 4.69) is 0 Å². The first-order valence-electron chi connectivity index (χ1n) is 12.3. The lowest BCUT2D eigenvalue weighted by Gasteiger charge is -2.18. The summed E-state index contributed by atoms with van der Waals surface area (Å²) in [6, 6.07) is 15.2. The summed E-state index contributed by atoms with van der Waals surface area (Å²) in [5.41, 5.74) is 12.4. The van der Waals surface area contributed by atoms with E-state index < -0.39 is 24.7 Å². The van der Waals surface area contributed by atoms with Gasteiger partial charge >= 0.3 is 18.0 Å². The Morgan fingerprint density at radius 2 is 1.43 bits per heavy atom. The van der Waals surface area contributed by atoms with Gasteiger partial charge in [-0.05, 0) is 66.2 Å². The van der Waals surface area contributed by atoms with Gasteiger partial charge in [-0.1, -0.05) is 12.1 Å². The number of anilines is 2. The zero-order valence-electron chi connectivity index (χ0n) is 21.5. The number of hydrogen-bond donors (Lipinski definition) is 2. The van der Waals surface area contributed by atoms with E-state index in [1.54, 1.807) is 0 Å². The van der Waals surface area contributed by atoms with Gasteiger partial charge in [-0.3, -0.25) is 4.39 Å². The van der Waals surface area contributed by atoms with Crippen molar-refractivity contribution in [2.75, 3.05) is 38.0 Å². The molecule has 3 aromatic rings. The summed E-state index contributed by atoms with van der Waals surface area (Å²) < 4.78 is 61.5. The molecule has 40 heavy (non-hydrogen) atoms. The minimum atomic E-state index is -3.60. The number of carbonyl (C=O) groups is 2. The molecule has 0 heterocycles. The van der Waals surface area contributed by atoms with Gasteiger partial charge in [-0.15, -0.1) is 0 Å². The molecule has 0 amide bonds. The number of nitrogens with two attached hydrogens (primary N) is 2. The summed E-state index contributed by atoms with van der Waals surface area (Å²) in [6.45, 7) is -0.329. The van der Waals surface area contributed by atoms with E-state index >= 15 is 0 Å². The van der Waals surface area contributed by atoms with Gasteiger partial charge in [0.05, 0.1) is 37.6 Å². The lowest BCUT2D eigenvalue weighted by molar-refractivity contribution is -0.185. The van der Waals surface area contributed by atoms with Crippen LogP contribution in [0, 0.1) is 0 Å². The fourth-order valence-electron chi connectivity index (χ4n) is 3.33. The van der Waals surface area contributed by atoms with E-state index in [1.807, 2.05) is 0 Å². The van der Waals surface area contributed by atoms with Crippen molar-refractivity contribution in [3.05, 3.63) is 89.5 Å². The molecule has 212 valence electrons. The average molecular weight is 559 g/mol. The van der Waals surface area contributed by atoms with Crippen LogP contribution in [-0.4, -0.2) is 38.4 Å². The van der Waals surface area contributed by atoms with Crippen LogP contribution in [0.25, 0.3) is 6.08 Å². The van der Waals surface area contributed by atoms with Gasteiger partial charge in [0, 0.05) is 30.3 Å². The lowest BCUT2D eigenvalue weighted by Crippen LogP contribution is -2.21. The molecule has 0 saturated carbocycles. The van der Waals surface area contributed by atoms with Gasteiger partial charge in [0.1, 0.15) is 11.5 Å². The molecule has 8 nitrogen and oxygen atoms in total. The summed E-state index contributed by atoms with van der Waals surface area (Å²) in [5, 5.41) is 0. The molecule has 0 aliphatic rings. The predicted molar refractivity (Wildman–Crippen MR) is 144 cm³/mol. The van der Waals surface area contributed by atoms with Crippen molar-refractivity contribution in [2.45, 2.75) is 19.0 Å². The van der Waals surface area contributed by atoms with Crippen molar-refractivity contribution in [2.24, 2.45) is 0 Å². The van der Waals surface area contributed by atoms with Crippen molar-refractivity contribution < 1.29 is 41.7 Å². The van der Waals surface area contributed by atoms with Crippen LogP contribution in [0.5, 0.6) is 11.5 Å². The Bertz CT molecular complexity index is 1280. The molecule has 0 unspecified atom stereocenters. The molecule has 0 atom stereocenters. The highest BCUT2D eigenvalue weighted by Gasteiger charge is 2.34. The van der Waals surface area contributed by atoms with Crippen molar-refractivity contribution in [3.63, 3.8) is 0 Å². The molecule has 0 aliphatic carbocycles. The lowest BCUT2D eigenvalue weighted by atomic mass is 10.2. The highest BCUT2D eigenvalue weighted by atomic mass is 19.3. The summed E-state index contributed by atoms with van der Waals surface area (Å²) in [4.78, 5) is 23.9. The highest BCUT2D eigenvalue weighted by molar-refractivity contribution is 5.91. The molecule has 3 aromatic carbocycles. The number of ether oxygens (including phenoxy) is 4. The Balaban J connectivity index is 1.40. The number of hydrogen-bond acceptors (Lipinski definition) is 8. The molecule has 4 N–H and O–H groups in total. The largest absolute Gasteiger partial charge is 0.494 e. The van der Waals surface area contributed by atoms with Gasteiger partial charge < -0.3 is 30.4 Å². The zero-order valence-corrected chi connectivity index (χ0v) is 21.5. The summed E-state index contributed by atoms with van der Waals surface area (Å²) in [5.74, 6) is -0.946. The summed E-state index contributed by atoms with van der Waals surface area (Å²) in [6.07, 6.45) is -0.471. The monoisotopic (exact) mass is 558 g/mol. The van der Waals surface area contributed by atoms with Crippen molar-refractivity contribution in [1.29, 1.82) is 0 Å². The second kappa shape index (κ2) is 14.5. The van der Waals surface area contributed by atoms with E-state index in [-0.39, 0.29) is 49.5 Å². The first kappa shape index (κ1) is 29.9. The SMILES string of the molecule is Nc1cc(N)cc(C(=O)OCCCOC(=O)C=Cc2ccc(OC(F)(F)c3ccc(OCCCF)cc3)cc2)c1. The summed E-state index contributed by atoms with van der Waals surface area (Å²) >= 11 is 0. The van der Waals surface area contributed by atoms with Crippen molar-refractivity contribution >= 4 is 29.4 Å². The van der Waals surface area contributed by atoms with Gasteiger partial charge in [0.15, 0.2) is 0 Å². The minimum Gasteiger partial charge on any atom is -0.494 e. The van der Waals surface area contributed by atoms with Crippen LogP contribution in [0.4, 0.5) is 24.5 Å². The third-order valence-electron chi connectivity index (χ3n) is 5.25. The molecule has 0 aliphatic heterocycles. The maximum atomic E-state index is 14.5. The molecule has 11 heteroatoms. The van der Waals surface area contributed by atoms with Crippen molar-refractivity contribution in [3.8, 4) is 11.5 Å². The molecule has 0 aromatic heterocycles. The van der Waals surface area contributed by atoms with Gasteiger partial charge in [0.2, 0.25) is 0 Å².